The standard InChI is InChI=1S/C21H21N3O3S2/c1-16-10-11-20(17(2)13-16)24(29(26,27)19-8-4-3-5-9-19)15-21(25)23-22-14-18-7-6-12-28-18/h3-14H,15H2,1-2H3,(H,23,25)/b22-14+. The van der Waals surface area contributed by atoms with Gasteiger partial charge < -0.3 is 0 Å². The molecule has 0 saturated carbocycles. The van der Waals surface area contributed by atoms with Gasteiger partial charge in [-0.3, -0.25) is 9.10 Å². The summed E-state index contributed by atoms with van der Waals surface area (Å²) < 4.78 is 27.7. The number of nitrogens with one attached hydrogen (secondary N) is 1. The molecule has 0 spiro atoms. The second-order valence-corrected chi connectivity index (χ2v) is 9.26. The highest BCUT2D eigenvalue weighted by molar-refractivity contribution is 7.92. The number of rotatable bonds is 7. The first-order valence-corrected chi connectivity index (χ1v) is 11.2. The van der Waals surface area contributed by atoms with E-state index in [4.69, 9.17) is 0 Å². The van der Waals surface area contributed by atoms with Crippen LogP contribution in [0.15, 0.2) is 76.0 Å². The Hall–Kier alpha value is -2.97. The minimum atomic E-state index is -3.93. The van der Waals surface area contributed by atoms with Gasteiger partial charge in [0.1, 0.15) is 6.54 Å². The van der Waals surface area contributed by atoms with Crippen LogP contribution in [-0.2, 0) is 14.8 Å². The first kappa shape index (κ1) is 20.8. The second-order valence-electron chi connectivity index (χ2n) is 6.42. The van der Waals surface area contributed by atoms with E-state index in [0.717, 1.165) is 20.3 Å². The summed E-state index contributed by atoms with van der Waals surface area (Å²) >= 11 is 1.48. The Bertz CT molecular complexity index is 1110. The molecule has 6 nitrogen and oxygen atoms in total. The first-order valence-electron chi connectivity index (χ1n) is 8.88. The number of nitrogens with zero attached hydrogens (tertiary/aromatic N) is 2. The minimum absolute atomic E-state index is 0.120. The largest absolute Gasteiger partial charge is 0.271 e. The molecule has 3 aromatic rings. The van der Waals surface area contributed by atoms with E-state index in [2.05, 4.69) is 10.5 Å². The molecule has 0 bridgehead atoms. The summed E-state index contributed by atoms with van der Waals surface area (Å²) in [6.45, 7) is 3.37. The monoisotopic (exact) mass is 427 g/mol. The minimum Gasteiger partial charge on any atom is -0.271 e. The number of carbonyl (C=O) groups excluding carboxylic acids is 1. The van der Waals surface area contributed by atoms with Crippen LogP contribution >= 0.6 is 11.3 Å². The van der Waals surface area contributed by atoms with Gasteiger partial charge in [-0.2, -0.15) is 5.10 Å². The third-order valence-electron chi connectivity index (χ3n) is 4.16. The number of benzene rings is 2. The van der Waals surface area contributed by atoms with Crippen LogP contribution < -0.4 is 9.73 Å². The number of amides is 1. The fraction of sp³-hybridized carbons (Fsp3) is 0.143. The van der Waals surface area contributed by atoms with Gasteiger partial charge in [-0.1, -0.05) is 42.0 Å². The lowest BCUT2D eigenvalue weighted by Gasteiger charge is -2.25. The zero-order valence-corrected chi connectivity index (χ0v) is 17.7. The number of sulfonamides is 1. The van der Waals surface area contributed by atoms with Gasteiger partial charge in [0.15, 0.2) is 0 Å². The summed E-state index contributed by atoms with van der Waals surface area (Å²) in [7, 11) is -3.93. The van der Waals surface area contributed by atoms with E-state index in [9.17, 15) is 13.2 Å². The molecule has 1 amide bonds. The van der Waals surface area contributed by atoms with Gasteiger partial charge in [0.2, 0.25) is 0 Å². The van der Waals surface area contributed by atoms with Gasteiger partial charge in [-0.15, -0.1) is 11.3 Å². The summed E-state index contributed by atoms with van der Waals surface area (Å²) in [6.07, 6.45) is 1.52. The number of anilines is 1. The Morgan fingerprint density at radius 3 is 2.52 bits per heavy atom. The van der Waals surface area contributed by atoms with Crippen molar-refractivity contribution in [1.29, 1.82) is 0 Å². The molecule has 1 aromatic heterocycles. The Balaban J connectivity index is 1.89. The molecule has 1 N–H and O–H groups in total. The van der Waals surface area contributed by atoms with E-state index >= 15 is 0 Å². The number of hydrogen-bond donors (Lipinski definition) is 1. The molecule has 0 aliphatic heterocycles. The van der Waals surface area contributed by atoms with Crippen LogP contribution in [0.5, 0.6) is 0 Å². The third-order valence-corrected chi connectivity index (χ3v) is 6.74. The summed E-state index contributed by atoms with van der Waals surface area (Å²) in [5.41, 5.74) is 4.63. The lowest BCUT2D eigenvalue weighted by Crippen LogP contribution is -2.40. The van der Waals surface area contributed by atoms with Crippen LogP contribution in [-0.4, -0.2) is 27.1 Å². The van der Waals surface area contributed by atoms with Crippen molar-refractivity contribution < 1.29 is 13.2 Å². The maximum absolute atomic E-state index is 13.3. The Labute approximate surface area is 174 Å². The predicted molar refractivity (Wildman–Crippen MR) is 117 cm³/mol. The van der Waals surface area contributed by atoms with Gasteiger partial charge in [-0.05, 0) is 49.1 Å². The molecule has 2 aromatic carbocycles. The van der Waals surface area contributed by atoms with E-state index in [1.807, 2.05) is 43.5 Å². The summed E-state index contributed by atoms with van der Waals surface area (Å²) in [4.78, 5) is 13.5. The molecule has 0 saturated heterocycles. The zero-order chi connectivity index (χ0) is 20.9. The molecule has 0 radical (unpaired) electrons. The molecule has 0 unspecified atom stereocenters. The molecule has 0 fully saturated rings. The van der Waals surface area contributed by atoms with E-state index < -0.39 is 15.9 Å². The summed E-state index contributed by atoms with van der Waals surface area (Å²) in [6, 6.07) is 17.2. The van der Waals surface area contributed by atoms with Crippen LogP contribution in [0, 0.1) is 13.8 Å². The number of aryl methyl sites for hydroxylation is 2. The second kappa shape index (κ2) is 9.02. The van der Waals surface area contributed by atoms with Crippen molar-refractivity contribution in [3.8, 4) is 0 Å². The molecule has 29 heavy (non-hydrogen) atoms. The fourth-order valence-corrected chi connectivity index (χ4v) is 4.89. The van der Waals surface area contributed by atoms with Gasteiger partial charge in [0.05, 0.1) is 16.8 Å². The van der Waals surface area contributed by atoms with Crippen molar-refractivity contribution >= 4 is 39.2 Å². The predicted octanol–water partition coefficient (Wildman–Crippen LogP) is 3.71. The van der Waals surface area contributed by atoms with Gasteiger partial charge in [0, 0.05) is 4.88 Å². The first-order chi connectivity index (χ1) is 13.9. The Kier molecular flexibility index (Phi) is 6.46. The van der Waals surface area contributed by atoms with E-state index in [0.29, 0.717) is 5.69 Å². The normalized spacial score (nSPS) is 11.5. The maximum atomic E-state index is 13.3. The molecule has 1 heterocycles. The highest BCUT2D eigenvalue weighted by atomic mass is 32.2. The van der Waals surface area contributed by atoms with Crippen molar-refractivity contribution in [2.75, 3.05) is 10.8 Å². The highest BCUT2D eigenvalue weighted by Crippen LogP contribution is 2.27. The Morgan fingerprint density at radius 2 is 1.86 bits per heavy atom. The lowest BCUT2D eigenvalue weighted by molar-refractivity contribution is -0.119. The molecule has 150 valence electrons. The SMILES string of the molecule is Cc1ccc(N(CC(=O)N/N=C/c2cccs2)S(=O)(=O)c2ccccc2)c(C)c1. The molecule has 0 aliphatic carbocycles. The van der Waals surface area contributed by atoms with Crippen LogP contribution in [0.4, 0.5) is 5.69 Å². The van der Waals surface area contributed by atoms with Gasteiger partial charge in [0.25, 0.3) is 15.9 Å². The number of thiophene rings is 1. The topological polar surface area (TPSA) is 78.8 Å². The molecular formula is C21H21N3O3S2. The average molecular weight is 428 g/mol. The van der Waals surface area contributed by atoms with Crippen LogP contribution in [0.3, 0.4) is 0 Å². The van der Waals surface area contributed by atoms with Gasteiger partial charge >= 0.3 is 0 Å². The number of hydrogen-bond acceptors (Lipinski definition) is 5. The molecule has 0 aliphatic rings. The third kappa shape index (κ3) is 5.10. The van der Waals surface area contributed by atoms with Crippen molar-refractivity contribution in [3.63, 3.8) is 0 Å². The van der Waals surface area contributed by atoms with Crippen molar-refractivity contribution in [1.82, 2.24) is 5.43 Å². The van der Waals surface area contributed by atoms with E-state index in [1.54, 1.807) is 24.3 Å². The Morgan fingerprint density at radius 1 is 1.10 bits per heavy atom. The van der Waals surface area contributed by atoms with Gasteiger partial charge in [-0.25, -0.2) is 13.8 Å². The van der Waals surface area contributed by atoms with E-state index in [-0.39, 0.29) is 11.4 Å². The molecule has 8 heteroatoms. The summed E-state index contributed by atoms with van der Waals surface area (Å²) in [5.74, 6) is -0.530. The van der Waals surface area contributed by atoms with Crippen LogP contribution in [0.2, 0.25) is 0 Å². The van der Waals surface area contributed by atoms with Crippen molar-refractivity contribution in [2.24, 2.45) is 5.10 Å². The summed E-state index contributed by atoms with van der Waals surface area (Å²) in [5, 5.41) is 5.82. The molecule has 3 rings (SSSR count). The van der Waals surface area contributed by atoms with Crippen molar-refractivity contribution in [3.05, 3.63) is 82.0 Å². The highest BCUT2D eigenvalue weighted by Gasteiger charge is 2.28. The van der Waals surface area contributed by atoms with Crippen LogP contribution in [0.25, 0.3) is 0 Å². The molecular weight excluding hydrogens is 406 g/mol. The zero-order valence-electron chi connectivity index (χ0n) is 16.1. The number of carbonyl (C=O) groups is 1. The van der Waals surface area contributed by atoms with Crippen LogP contribution in [0.1, 0.15) is 16.0 Å². The quantitative estimate of drug-likeness (QED) is 0.461. The number of hydrazone groups is 1. The van der Waals surface area contributed by atoms with E-state index in [1.165, 1.54) is 29.7 Å². The maximum Gasteiger partial charge on any atom is 0.264 e. The average Bonchev–Trinajstić information content (AvgIpc) is 3.21. The molecule has 0 atom stereocenters. The van der Waals surface area contributed by atoms with Crippen molar-refractivity contribution in [2.45, 2.75) is 18.7 Å². The fourth-order valence-electron chi connectivity index (χ4n) is 2.80. The smallest absolute Gasteiger partial charge is 0.264 e. The lowest BCUT2D eigenvalue weighted by atomic mass is 10.1.